The van der Waals surface area contributed by atoms with Crippen molar-refractivity contribution in [3.05, 3.63) is 41.5 Å². The molecule has 0 radical (unpaired) electrons. The van der Waals surface area contributed by atoms with E-state index in [1.54, 1.807) is 30.3 Å². The summed E-state index contributed by atoms with van der Waals surface area (Å²) in [6.45, 7) is 4.00. The van der Waals surface area contributed by atoms with E-state index in [-0.39, 0.29) is 19.3 Å². The first kappa shape index (κ1) is 18.3. The van der Waals surface area contributed by atoms with Gasteiger partial charge in [-0.05, 0) is 23.1 Å². The van der Waals surface area contributed by atoms with E-state index in [9.17, 15) is 18.7 Å². The third-order valence-electron chi connectivity index (χ3n) is 3.45. The maximum Gasteiger partial charge on any atom is 0.332 e. The molecule has 0 fully saturated rings. The molecule has 22 heavy (non-hydrogen) atoms. The van der Waals surface area contributed by atoms with Crippen LogP contribution < -0.4 is 0 Å². The molecule has 5 heteroatoms. The predicted molar refractivity (Wildman–Crippen MR) is 81.9 cm³/mol. The Labute approximate surface area is 129 Å². The number of benzene rings is 1. The minimum Gasteiger partial charge on any atom is -0.479 e. The monoisotopic (exact) mass is 312 g/mol. The van der Waals surface area contributed by atoms with E-state index in [1.165, 1.54) is 0 Å². The number of alkyl halides is 2. The molecule has 0 bridgehead atoms. The van der Waals surface area contributed by atoms with E-state index in [1.807, 2.05) is 13.8 Å². The first-order chi connectivity index (χ1) is 10.4. The van der Waals surface area contributed by atoms with Crippen molar-refractivity contribution in [2.24, 2.45) is 0 Å². The fourth-order valence-corrected chi connectivity index (χ4v) is 2.22. The quantitative estimate of drug-likeness (QED) is 0.886. The molecule has 1 aromatic rings. The highest BCUT2D eigenvalue weighted by molar-refractivity contribution is 5.72. The van der Waals surface area contributed by atoms with Crippen molar-refractivity contribution in [3.8, 4) is 0 Å². The molecule has 1 unspecified atom stereocenters. The van der Waals surface area contributed by atoms with Gasteiger partial charge < -0.3 is 10.2 Å². The Kier molecular flexibility index (Phi) is 6.68. The van der Waals surface area contributed by atoms with E-state index in [0.717, 1.165) is 11.1 Å². The van der Waals surface area contributed by atoms with Crippen LogP contribution in [-0.4, -0.2) is 28.2 Å². The summed E-state index contributed by atoms with van der Waals surface area (Å²) < 4.78 is 26.1. The lowest BCUT2D eigenvalue weighted by atomic mass is 9.91. The number of carboxylic acid groups (broad SMARTS) is 1. The number of allylic oxidation sites excluding steroid dienone is 2. The first-order valence-electron chi connectivity index (χ1n) is 7.44. The summed E-state index contributed by atoms with van der Waals surface area (Å²) in [5.41, 5.74) is 2.46. The van der Waals surface area contributed by atoms with E-state index in [4.69, 9.17) is 5.11 Å². The molecule has 0 aliphatic heterocycles. The largest absolute Gasteiger partial charge is 0.479 e. The van der Waals surface area contributed by atoms with Gasteiger partial charge in [-0.2, -0.15) is 0 Å². The molecule has 122 valence electrons. The zero-order valence-electron chi connectivity index (χ0n) is 12.9. The third kappa shape index (κ3) is 5.22. The van der Waals surface area contributed by atoms with Crippen LogP contribution >= 0.6 is 0 Å². The van der Waals surface area contributed by atoms with E-state index in [0.29, 0.717) is 12.0 Å². The molecule has 0 saturated heterocycles. The Morgan fingerprint density at radius 1 is 1.27 bits per heavy atom. The number of rotatable bonds is 4. The summed E-state index contributed by atoms with van der Waals surface area (Å²) in [5, 5.41) is 17.9. The number of hydrogen-bond donors (Lipinski definition) is 2. The number of aliphatic hydroxyl groups excluding tert-OH is 1. The van der Waals surface area contributed by atoms with Gasteiger partial charge in [-0.15, -0.1) is 0 Å². The van der Waals surface area contributed by atoms with Gasteiger partial charge in [-0.25, -0.2) is 13.6 Å². The molecule has 1 atom stereocenters. The van der Waals surface area contributed by atoms with Crippen LogP contribution in [0.15, 0.2) is 30.3 Å². The normalized spacial score (nSPS) is 17.8. The highest BCUT2D eigenvalue weighted by atomic mass is 19.3. The number of aliphatic carboxylic acids is 1. The Morgan fingerprint density at radius 3 is 2.32 bits per heavy atom. The second-order valence-corrected chi connectivity index (χ2v) is 5.04. The molecule has 0 spiro atoms. The van der Waals surface area contributed by atoms with Crippen LogP contribution in [0.5, 0.6) is 0 Å². The summed E-state index contributed by atoms with van der Waals surface area (Å²) in [7, 11) is 0. The van der Waals surface area contributed by atoms with Crippen LogP contribution in [0.1, 0.15) is 44.2 Å². The van der Waals surface area contributed by atoms with Gasteiger partial charge in [0.1, 0.15) is 0 Å². The standard InChI is InChI=1S/C15H16F2O3.C2H6/c16-15(17)7-5-12(6-8-15)11-3-1-10(2-4-11)9-13(18)14(19)20;1-2/h1-5,13,18H,6-9H2,(H,19,20);1-2H3. The number of hydrogen-bond acceptors (Lipinski definition) is 2. The molecule has 1 aliphatic rings. The minimum atomic E-state index is -2.60. The van der Waals surface area contributed by atoms with Crippen molar-refractivity contribution in [1.82, 2.24) is 0 Å². The molecule has 0 saturated carbocycles. The Balaban J connectivity index is 0.00000116. The van der Waals surface area contributed by atoms with Crippen molar-refractivity contribution in [2.75, 3.05) is 0 Å². The van der Waals surface area contributed by atoms with Crippen molar-refractivity contribution in [2.45, 2.75) is 51.6 Å². The van der Waals surface area contributed by atoms with Crippen LogP contribution in [0.4, 0.5) is 8.78 Å². The van der Waals surface area contributed by atoms with Crippen molar-refractivity contribution < 1.29 is 23.8 Å². The molecular formula is C17H22F2O3. The summed E-state index contributed by atoms with van der Waals surface area (Å²) in [6.07, 6.45) is 0.134. The fraction of sp³-hybridized carbons (Fsp3) is 0.471. The molecule has 0 aromatic heterocycles. The number of carbonyl (C=O) groups is 1. The van der Waals surface area contributed by atoms with E-state index >= 15 is 0 Å². The maximum atomic E-state index is 13.0. The highest BCUT2D eigenvalue weighted by Crippen LogP contribution is 2.36. The average Bonchev–Trinajstić information content (AvgIpc) is 2.50. The van der Waals surface area contributed by atoms with Gasteiger partial charge in [0.2, 0.25) is 0 Å². The van der Waals surface area contributed by atoms with E-state index in [2.05, 4.69) is 0 Å². The minimum absolute atomic E-state index is 0.0345. The fourth-order valence-electron chi connectivity index (χ4n) is 2.22. The van der Waals surface area contributed by atoms with E-state index < -0.39 is 18.0 Å². The van der Waals surface area contributed by atoms with Crippen molar-refractivity contribution in [1.29, 1.82) is 0 Å². The van der Waals surface area contributed by atoms with Crippen molar-refractivity contribution in [3.63, 3.8) is 0 Å². The van der Waals surface area contributed by atoms with Gasteiger partial charge in [-0.1, -0.05) is 44.2 Å². The average molecular weight is 312 g/mol. The third-order valence-corrected chi connectivity index (χ3v) is 3.45. The molecule has 1 aromatic carbocycles. The van der Waals surface area contributed by atoms with Crippen molar-refractivity contribution >= 4 is 11.5 Å². The van der Waals surface area contributed by atoms with Crippen LogP contribution in [0.25, 0.3) is 5.57 Å². The lowest BCUT2D eigenvalue weighted by Crippen LogP contribution is -2.21. The number of aliphatic hydroxyl groups is 1. The molecule has 2 rings (SSSR count). The van der Waals surface area contributed by atoms with Crippen LogP contribution in [0.2, 0.25) is 0 Å². The Morgan fingerprint density at radius 2 is 1.86 bits per heavy atom. The SMILES string of the molecule is CC.O=C(O)C(O)Cc1ccc(C2=CCC(F)(F)CC2)cc1. The van der Waals surface area contributed by atoms with Gasteiger partial charge >= 0.3 is 5.97 Å². The molecule has 3 nitrogen and oxygen atoms in total. The molecule has 0 heterocycles. The highest BCUT2D eigenvalue weighted by Gasteiger charge is 2.30. The Hall–Kier alpha value is -1.75. The van der Waals surface area contributed by atoms with Gasteiger partial charge in [0.25, 0.3) is 5.92 Å². The predicted octanol–water partition coefficient (Wildman–Crippen LogP) is 3.90. The van der Waals surface area contributed by atoms with Crippen LogP contribution in [0, 0.1) is 0 Å². The number of carboxylic acids is 1. The summed E-state index contributed by atoms with van der Waals surface area (Å²) in [6, 6.07) is 6.99. The second kappa shape index (κ2) is 8.03. The summed E-state index contributed by atoms with van der Waals surface area (Å²) in [5.74, 6) is -3.86. The number of halogens is 2. The topological polar surface area (TPSA) is 57.5 Å². The lowest BCUT2D eigenvalue weighted by molar-refractivity contribution is -0.146. The van der Waals surface area contributed by atoms with Gasteiger partial charge in [0.15, 0.2) is 6.10 Å². The Bertz CT molecular complexity index is 521. The van der Waals surface area contributed by atoms with Crippen LogP contribution in [0.3, 0.4) is 0 Å². The molecule has 0 amide bonds. The second-order valence-electron chi connectivity index (χ2n) is 5.04. The lowest BCUT2D eigenvalue weighted by Gasteiger charge is -2.21. The smallest absolute Gasteiger partial charge is 0.332 e. The summed E-state index contributed by atoms with van der Waals surface area (Å²) >= 11 is 0. The first-order valence-corrected chi connectivity index (χ1v) is 7.44. The maximum absolute atomic E-state index is 13.0. The van der Waals surface area contributed by atoms with Gasteiger partial charge in [0.05, 0.1) is 0 Å². The van der Waals surface area contributed by atoms with Crippen LogP contribution in [-0.2, 0) is 11.2 Å². The van der Waals surface area contributed by atoms with Gasteiger partial charge in [-0.3, -0.25) is 0 Å². The molecule has 2 N–H and O–H groups in total. The molecule has 1 aliphatic carbocycles. The zero-order valence-corrected chi connectivity index (χ0v) is 12.9. The summed E-state index contributed by atoms with van der Waals surface area (Å²) in [4.78, 5) is 10.5. The molecular weight excluding hydrogens is 290 g/mol. The zero-order chi connectivity index (χ0) is 16.8. The van der Waals surface area contributed by atoms with Gasteiger partial charge in [0, 0.05) is 19.3 Å².